The van der Waals surface area contributed by atoms with Gasteiger partial charge < -0.3 is 24.4 Å². The Bertz CT molecular complexity index is 1200. The van der Waals surface area contributed by atoms with Gasteiger partial charge in [-0.15, -0.1) is 0 Å². The number of ether oxygens (including phenoxy) is 3. The van der Waals surface area contributed by atoms with E-state index in [4.69, 9.17) is 14.2 Å². The highest BCUT2D eigenvalue weighted by Gasteiger charge is 2.39. The number of methoxy groups -OCH3 is 1. The second-order valence-electron chi connectivity index (χ2n) is 9.07. The Morgan fingerprint density at radius 1 is 1.16 bits per heavy atom. The predicted octanol–water partition coefficient (Wildman–Crippen LogP) is 3.79. The van der Waals surface area contributed by atoms with Crippen molar-refractivity contribution in [1.29, 1.82) is 0 Å². The summed E-state index contributed by atoms with van der Waals surface area (Å²) in [6.07, 6.45) is 3.73. The van der Waals surface area contributed by atoms with E-state index in [0.717, 1.165) is 25.0 Å². The number of esters is 1. The molecule has 0 aromatic heterocycles. The van der Waals surface area contributed by atoms with Gasteiger partial charge in [-0.2, -0.15) is 0 Å². The van der Waals surface area contributed by atoms with Gasteiger partial charge in [0.25, 0.3) is 11.8 Å². The number of amides is 2. The van der Waals surface area contributed by atoms with Gasteiger partial charge in [-0.05, 0) is 56.0 Å². The molecule has 2 aliphatic rings. The van der Waals surface area contributed by atoms with Crippen molar-refractivity contribution in [1.82, 2.24) is 10.2 Å². The SMILES string of the molecule is COC(=O)C1=C(C)N([C@@H](C)c2ccccc2)C(=O)/C1=C\c1ccc(OCC(=O)NC[C@@H]2CCCO2)cc1. The fraction of sp³-hybridized carbons (Fsp3) is 0.345. The van der Waals surface area contributed by atoms with Crippen LogP contribution in [0.15, 0.2) is 71.4 Å². The summed E-state index contributed by atoms with van der Waals surface area (Å²) in [6.45, 7) is 4.80. The van der Waals surface area contributed by atoms with Gasteiger partial charge in [0, 0.05) is 18.8 Å². The molecular weight excluding hydrogens is 472 g/mol. The molecule has 0 radical (unpaired) electrons. The smallest absolute Gasteiger partial charge is 0.340 e. The number of hydrogen-bond donors (Lipinski definition) is 1. The Balaban J connectivity index is 1.46. The summed E-state index contributed by atoms with van der Waals surface area (Å²) in [6, 6.07) is 16.4. The summed E-state index contributed by atoms with van der Waals surface area (Å²) in [4.78, 5) is 39.8. The molecule has 8 nitrogen and oxygen atoms in total. The van der Waals surface area contributed by atoms with E-state index in [1.54, 1.807) is 42.2 Å². The van der Waals surface area contributed by atoms with E-state index in [-0.39, 0.29) is 41.7 Å². The van der Waals surface area contributed by atoms with Crippen LogP contribution in [0.5, 0.6) is 5.75 Å². The van der Waals surface area contributed by atoms with Gasteiger partial charge in [-0.3, -0.25) is 9.59 Å². The summed E-state index contributed by atoms with van der Waals surface area (Å²) >= 11 is 0. The third-order valence-electron chi connectivity index (χ3n) is 6.61. The fourth-order valence-electron chi connectivity index (χ4n) is 4.60. The second kappa shape index (κ2) is 11.9. The van der Waals surface area contributed by atoms with E-state index < -0.39 is 5.97 Å². The monoisotopic (exact) mass is 504 g/mol. The minimum Gasteiger partial charge on any atom is -0.484 e. The van der Waals surface area contributed by atoms with Crippen LogP contribution in [0.25, 0.3) is 6.08 Å². The summed E-state index contributed by atoms with van der Waals surface area (Å²) in [5.74, 6) is -0.521. The molecule has 1 N–H and O–H groups in total. The molecule has 0 unspecified atom stereocenters. The van der Waals surface area contributed by atoms with E-state index in [0.29, 0.717) is 23.6 Å². The highest BCUT2D eigenvalue weighted by molar-refractivity contribution is 6.16. The van der Waals surface area contributed by atoms with Crippen molar-refractivity contribution in [3.05, 3.63) is 82.6 Å². The topological polar surface area (TPSA) is 94.2 Å². The lowest BCUT2D eigenvalue weighted by Crippen LogP contribution is -2.35. The van der Waals surface area contributed by atoms with Gasteiger partial charge in [0.15, 0.2) is 6.61 Å². The van der Waals surface area contributed by atoms with Crippen LogP contribution in [0.2, 0.25) is 0 Å². The van der Waals surface area contributed by atoms with Crippen LogP contribution in [0.1, 0.15) is 43.9 Å². The number of allylic oxidation sites excluding steroid dienone is 1. The largest absolute Gasteiger partial charge is 0.484 e. The Morgan fingerprint density at radius 2 is 1.89 bits per heavy atom. The molecule has 0 spiro atoms. The average molecular weight is 505 g/mol. The van der Waals surface area contributed by atoms with Crippen molar-refractivity contribution in [2.24, 2.45) is 0 Å². The molecule has 1 saturated heterocycles. The van der Waals surface area contributed by atoms with Crippen LogP contribution in [0, 0.1) is 0 Å². The zero-order valence-electron chi connectivity index (χ0n) is 21.4. The van der Waals surface area contributed by atoms with Crippen molar-refractivity contribution in [3.63, 3.8) is 0 Å². The summed E-state index contributed by atoms with van der Waals surface area (Å²) < 4.78 is 16.1. The Labute approximate surface area is 216 Å². The van der Waals surface area contributed by atoms with Crippen molar-refractivity contribution in [2.75, 3.05) is 26.9 Å². The maximum absolute atomic E-state index is 13.5. The summed E-state index contributed by atoms with van der Waals surface area (Å²) in [5.41, 5.74) is 2.74. The first kappa shape index (κ1) is 26.2. The molecule has 0 bridgehead atoms. The summed E-state index contributed by atoms with van der Waals surface area (Å²) in [7, 11) is 1.30. The van der Waals surface area contributed by atoms with E-state index in [2.05, 4.69) is 5.32 Å². The maximum atomic E-state index is 13.5. The first-order valence-corrected chi connectivity index (χ1v) is 12.4. The quantitative estimate of drug-likeness (QED) is 0.413. The number of carbonyl (C=O) groups excluding carboxylic acids is 3. The predicted molar refractivity (Wildman–Crippen MR) is 138 cm³/mol. The van der Waals surface area contributed by atoms with Crippen LogP contribution in [0.4, 0.5) is 0 Å². The normalized spacial score (nSPS) is 19.3. The highest BCUT2D eigenvalue weighted by atomic mass is 16.5. The molecule has 37 heavy (non-hydrogen) atoms. The first-order chi connectivity index (χ1) is 17.9. The number of carbonyl (C=O) groups is 3. The molecule has 0 aliphatic carbocycles. The number of hydrogen-bond acceptors (Lipinski definition) is 6. The van der Waals surface area contributed by atoms with Crippen LogP contribution < -0.4 is 10.1 Å². The molecule has 2 atom stereocenters. The van der Waals surface area contributed by atoms with Crippen LogP contribution in [-0.4, -0.2) is 55.7 Å². The van der Waals surface area contributed by atoms with E-state index in [1.807, 2.05) is 37.3 Å². The minimum absolute atomic E-state index is 0.0775. The molecule has 2 aliphatic heterocycles. The van der Waals surface area contributed by atoms with Gasteiger partial charge in [-0.1, -0.05) is 42.5 Å². The van der Waals surface area contributed by atoms with E-state index >= 15 is 0 Å². The van der Waals surface area contributed by atoms with Gasteiger partial charge in [0.05, 0.1) is 30.4 Å². The fourth-order valence-corrected chi connectivity index (χ4v) is 4.60. The third-order valence-corrected chi connectivity index (χ3v) is 6.61. The molecule has 8 heteroatoms. The maximum Gasteiger partial charge on any atom is 0.340 e. The van der Waals surface area contributed by atoms with Gasteiger partial charge >= 0.3 is 5.97 Å². The minimum atomic E-state index is -0.561. The van der Waals surface area contributed by atoms with Crippen molar-refractivity contribution >= 4 is 23.9 Å². The van der Waals surface area contributed by atoms with Crippen molar-refractivity contribution < 1.29 is 28.6 Å². The lowest BCUT2D eigenvalue weighted by Gasteiger charge is -2.26. The number of nitrogens with one attached hydrogen (secondary N) is 1. The molecule has 2 aromatic rings. The van der Waals surface area contributed by atoms with Crippen LogP contribution >= 0.6 is 0 Å². The summed E-state index contributed by atoms with van der Waals surface area (Å²) in [5, 5.41) is 2.82. The standard InChI is InChI=1S/C29H32N2O6/c1-19(22-8-5-4-6-9-22)31-20(2)27(29(34)35-3)25(28(31)33)16-21-11-13-23(14-12-21)37-18-26(32)30-17-24-10-7-15-36-24/h4-6,8-9,11-14,16,19,24H,7,10,15,17-18H2,1-3H3,(H,30,32)/b25-16-/t19-,24-/m0/s1. The second-order valence-corrected chi connectivity index (χ2v) is 9.07. The third kappa shape index (κ3) is 6.09. The van der Waals surface area contributed by atoms with Gasteiger partial charge in [0.1, 0.15) is 5.75 Å². The first-order valence-electron chi connectivity index (χ1n) is 12.4. The van der Waals surface area contributed by atoms with E-state index in [1.165, 1.54) is 7.11 Å². The average Bonchev–Trinajstić information content (AvgIpc) is 3.53. The molecule has 0 saturated carbocycles. The highest BCUT2D eigenvalue weighted by Crippen LogP contribution is 2.37. The number of rotatable bonds is 9. The number of benzene rings is 2. The molecule has 2 heterocycles. The number of nitrogens with zero attached hydrogens (tertiary/aromatic N) is 1. The molecule has 4 rings (SSSR count). The van der Waals surface area contributed by atoms with Gasteiger partial charge in [-0.25, -0.2) is 4.79 Å². The molecule has 194 valence electrons. The zero-order chi connectivity index (χ0) is 26.4. The zero-order valence-corrected chi connectivity index (χ0v) is 21.4. The lowest BCUT2D eigenvalue weighted by atomic mass is 10.0. The molecule has 2 amide bonds. The van der Waals surface area contributed by atoms with Crippen LogP contribution in [-0.2, 0) is 23.9 Å². The Morgan fingerprint density at radius 3 is 2.54 bits per heavy atom. The Hall–Kier alpha value is -3.91. The molecule has 2 aromatic carbocycles. The van der Waals surface area contributed by atoms with Crippen molar-refractivity contribution in [3.8, 4) is 5.75 Å². The van der Waals surface area contributed by atoms with E-state index in [9.17, 15) is 14.4 Å². The lowest BCUT2D eigenvalue weighted by molar-refractivity contribution is -0.136. The molecular formula is C29H32N2O6. The van der Waals surface area contributed by atoms with Gasteiger partial charge in [0.2, 0.25) is 0 Å². The molecule has 1 fully saturated rings. The Kier molecular flexibility index (Phi) is 8.40. The van der Waals surface area contributed by atoms with Crippen LogP contribution in [0.3, 0.4) is 0 Å². The van der Waals surface area contributed by atoms with Crippen molar-refractivity contribution in [2.45, 2.75) is 38.8 Å².